The molecule has 0 unspecified atom stereocenters. The van der Waals surface area contributed by atoms with Crippen molar-refractivity contribution in [1.82, 2.24) is 24.8 Å². The molecule has 0 bridgehead atoms. The molecule has 0 radical (unpaired) electrons. The second kappa shape index (κ2) is 17.8. The monoisotopic (exact) mass is 687 g/mol. The Hall–Kier alpha value is -5.43. The number of halogens is 2. The lowest BCUT2D eigenvalue weighted by Gasteiger charge is -2.23. The largest absolute Gasteiger partial charge is 0.490 e. The van der Waals surface area contributed by atoms with Gasteiger partial charge in [-0.25, -0.2) is 23.8 Å². The van der Waals surface area contributed by atoms with Crippen LogP contribution in [0, 0.1) is 11.6 Å². The number of benzene rings is 1. The third kappa shape index (κ3) is 9.17. The molecule has 0 saturated heterocycles. The third-order valence-electron chi connectivity index (χ3n) is 7.67. The molecule has 0 atom stereocenters. The van der Waals surface area contributed by atoms with Crippen molar-refractivity contribution >= 4 is 41.7 Å². The Morgan fingerprint density at radius 1 is 1.16 bits per heavy atom. The fourth-order valence-corrected chi connectivity index (χ4v) is 5.26. The van der Waals surface area contributed by atoms with Gasteiger partial charge in [0, 0.05) is 43.2 Å². The summed E-state index contributed by atoms with van der Waals surface area (Å²) in [5.74, 6) is -0.908. The topological polar surface area (TPSA) is 98.4 Å². The van der Waals surface area contributed by atoms with Crippen LogP contribution in [0.1, 0.15) is 34.1 Å². The maximum Gasteiger partial charge on any atom is 0.246 e. The van der Waals surface area contributed by atoms with Gasteiger partial charge in [-0.3, -0.25) is 4.79 Å². The Bertz CT molecular complexity index is 1910. The Balaban J connectivity index is 1.68. The van der Waals surface area contributed by atoms with E-state index in [9.17, 15) is 4.79 Å². The molecule has 2 aliphatic rings. The highest BCUT2D eigenvalue weighted by Crippen LogP contribution is 2.29. The first-order valence-electron chi connectivity index (χ1n) is 16.4. The van der Waals surface area contributed by atoms with Crippen LogP contribution < -0.4 is 20.6 Å². The SMILES string of the molecule is CC=C1C=C(Oc2cc(F)c(Nc3ncnc(=C/C)/c3=C(OC)\C(=C\CC)[N+]3=CCN(C(=O)/C=C/CN(C)C)CC3)cc2F)C=CN1/N=C\C. The van der Waals surface area contributed by atoms with E-state index in [0.717, 1.165) is 17.8 Å². The molecular formula is C37H45F2N8O3+. The molecule has 0 saturated carbocycles. The second-order valence-electron chi connectivity index (χ2n) is 11.4. The van der Waals surface area contributed by atoms with Gasteiger partial charge in [0.2, 0.25) is 17.4 Å². The first-order chi connectivity index (χ1) is 24.1. The number of rotatable bonds is 12. The van der Waals surface area contributed by atoms with Crippen LogP contribution in [-0.4, -0.2) is 95.1 Å². The zero-order valence-electron chi connectivity index (χ0n) is 29.7. The minimum absolute atomic E-state index is 0.0565. The van der Waals surface area contributed by atoms with E-state index in [0.29, 0.717) is 60.4 Å². The van der Waals surface area contributed by atoms with Gasteiger partial charge in [0.1, 0.15) is 17.9 Å². The average molecular weight is 688 g/mol. The van der Waals surface area contributed by atoms with Crippen LogP contribution in [0.2, 0.25) is 0 Å². The number of amides is 1. The minimum atomic E-state index is -0.779. The summed E-state index contributed by atoms with van der Waals surface area (Å²) in [6, 6.07) is 2.01. The molecule has 1 aromatic carbocycles. The number of hydrazone groups is 1. The Labute approximate surface area is 291 Å². The highest BCUT2D eigenvalue weighted by Gasteiger charge is 2.27. The summed E-state index contributed by atoms with van der Waals surface area (Å²) >= 11 is 0. The summed E-state index contributed by atoms with van der Waals surface area (Å²) < 4.78 is 44.8. The number of nitrogens with zero attached hydrogens (tertiary/aromatic N) is 7. The van der Waals surface area contributed by atoms with Gasteiger partial charge in [0.05, 0.1) is 42.2 Å². The molecule has 0 fully saturated rings. The van der Waals surface area contributed by atoms with E-state index in [4.69, 9.17) is 9.47 Å². The van der Waals surface area contributed by atoms with Crippen molar-refractivity contribution in [1.29, 1.82) is 0 Å². The van der Waals surface area contributed by atoms with Crippen molar-refractivity contribution in [3.05, 3.63) is 100 Å². The van der Waals surface area contributed by atoms with E-state index in [-0.39, 0.29) is 23.2 Å². The quantitative estimate of drug-likeness (QED) is 0.200. The number of carbonyl (C=O) groups is 1. The van der Waals surface area contributed by atoms with E-state index in [1.807, 2.05) is 68.8 Å². The van der Waals surface area contributed by atoms with Crippen molar-refractivity contribution in [2.75, 3.05) is 52.7 Å². The van der Waals surface area contributed by atoms with Gasteiger partial charge in [-0.2, -0.15) is 9.68 Å². The Morgan fingerprint density at radius 2 is 1.96 bits per heavy atom. The molecule has 11 nitrogen and oxygen atoms in total. The lowest BCUT2D eigenvalue weighted by Crippen LogP contribution is -2.43. The van der Waals surface area contributed by atoms with Crippen LogP contribution in [0.4, 0.5) is 20.3 Å². The first kappa shape index (κ1) is 37.4. The van der Waals surface area contributed by atoms with Gasteiger partial charge in [-0.15, -0.1) is 0 Å². The van der Waals surface area contributed by atoms with Crippen LogP contribution in [-0.2, 0) is 9.53 Å². The third-order valence-corrected chi connectivity index (χ3v) is 7.67. The molecule has 1 N–H and O–H groups in total. The summed E-state index contributed by atoms with van der Waals surface area (Å²) in [6.07, 6.45) is 19.6. The van der Waals surface area contributed by atoms with Gasteiger partial charge in [-0.1, -0.05) is 25.2 Å². The number of allylic oxidation sites excluding steroid dienone is 4. The number of likely N-dealkylation sites (N-methyl/N-ethyl adjacent to an activating group) is 1. The second-order valence-corrected chi connectivity index (χ2v) is 11.4. The van der Waals surface area contributed by atoms with Crippen molar-refractivity contribution in [2.45, 2.75) is 34.1 Å². The molecule has 13 heteroatoms. The smallest absolute Gasteiger partial charge is 0.246 e. The number of nitrogens with one attached hydrogen (secondary N) is 1. The number of aromatic nitrogens is 2. The van der Waals surface area contributed by atoms with Gasteiger partial charge in [0.15, 0.2) is 30.1 Å². The molecule has 264 valence electrons. The van der Waals surface area contributed by atoms with Gasteiger partial charge >= 0.3 is 0 Å². The van der Waals surface area contributed by atoms with Crippen molar-refractivity contribution < 1.29 is 27.6 Å². The number of ether oxygens (including phenoxy) is 2. The van der Waals surface area contributed by atoms with Crippen LogP contribution in [0.25, 0.3) is 11.8 Å². The van der Waals surface area contributed by atoms with E-state index in [1.54, 1.807) is 53.6 Å². The fraction of sp³-hybridized carbons (Fsp3) is 0.324. The first-order valence-corrected chi connectivity index (χ1v) is 16.4. The number of anilines is 2. The molecular weight excluding hydrogens is 642 g/mol. The van der Waals surface area contributed by atoms with E-state index >= 15 is 8.78 Å². The van der Waals surface area contributed by atoms with Gasteiger partial charge in [-0.05, 0) is 53.4 Å². The zero-order valence-corrected chi connectivity index (χ0v) is 29.7. The zero-order chi connectivity index (χ0) is 36.2. The molecule has 1 aromatic heterocycles. The minimum Gasteiger partial charge on any atom is -0.490 e. The standard InChI is InChI=1S/C37H45F2N8O3/c1-8-13-32(45-18-20-46(21-19-45)34(48)14-12-16-44(5)6)36(49-7)35-30(10-3)40-25-41-37(35)43-31-23-29(39)33(24-28(31)38)50-27-15-17-47(42-11-4)26(9-2)22-27/h9-15,17-18,22-25H,8,16,19-21H2,1-7H3,(H,40,41,43)/q+1/b14-12+,26-9?,30-10+,32-13-,36-35-,42-11-. The lowest BCUT2D eigenvalue weighted by atomic mass is 10.2. The summed E-state index contributed by atoms with van der Waals surface area (Å²) in [5.41, 5.74) is 1.29. The van der Waals surface area contributed by atoms with Crippen molar-refractivity contribution in [3.8, 4) is 5.75 Å². The summed E-state index contributed by atoms with van der Waals surface area (Å²) in [4.78, 5) is 25.4. The normalized spacial score (nSPS) is 17.2. The molecule has 4 rings (SSSR count). The Morgan fingerprint density at radius 3 is 2.60 bits per heavy atom. The molecule has 2 aromatic rings. The van der Waals surface area contributed by atoms with Crippen molar-refractivity contribution in [3.63, 3.8) is 0 Å². The Kier molecular flexibility index (Phi) is 13.3. The van der Waals surface area contributed by atoms with E-state index < -0.39 is 11.6 Å². The van der Waals surface area contributed by atoms with E-state index in [2.05, 4.69) is 20.4 Å². The number of hydrogen-bond donors (Lipinski definition) is 1. The maximum atomic E-state index is 15.6. The lowest BCUT2D eigenvalue weighted by molar-refractivity contribution is -0.473. The molecule has 50 heavy (non-hydrogen) atoms. The fourth-order valence-electron chi connectivity index (χ4n) is 5.26. The van der Waals surface area contributed by atoms with Crippen molar-refractivity contribution in [2.24, 2.45) is 5.10 Å². The summed E-state index contributed by atoms with van der Waals surface area (Å²) in [6.45, 7) is 9.54. The molecule has 0 spiro atoms. The van der Waals surface area contributed by atoms with Crippen LogP contribution in [0.15, 0.2) is 83.4 Å². The molecule has 2 aliphatic heterocycles. The van der Waals surface area contributed by atoms with Crippen LogP contribution in [0.5, 0.6) is 5.75 Å². The molecule has 1 amide bonds. The van der Waals surface area contributed by atoms with Crippen LogP contribution in [0.3, 0.4) is 0 Å². The highest BCUT2D eigenvalue weighted by atomic mass is 19.1. The van der Waals surface area contributed by atoms with E-state index in [1.165, 1.54) is 13.4 Å². The maximum absolute atomic E-state index is 15.6. The number of carbonyl (C=O) groups excluding carboxylic acids is 1. The summed E-state index contributed by atoms with van der Waals surface area (Å²) in [5, 5.41) is 9.82. The average Bonchev–Trinajstić information content (AvgIpc) is 3.11. The number of hydrogen-bond acceptors (Lipinski definition) is 9. The van der Waals surface area contributed by atoms with Crippen LogP contribution >= 0.6 is 0 Å². The van der Waals surface area contributed by atoms with Gasteiger partial charge < -0.3 is 24.6 Å². The molecule has 0 aliphatic carbocycles. The highest BCUT2D eigenvalue weighted by molar-refractivity contribution is 5.89. The number of methoxy groups -OCH3 is 1. The van der Waals surface area contributed by atoms with Gasteiger partial charge in [0.25, 0.3) is 0 Å². The molecule has 3 heterocycles. The summed E-state index contributed by atoms with van der Waals surface area (Å²) in [7, 11) is 5.43. The predicted octanol–water partition coefficient (Wildman–Crippen LogP) is 4.39. The predicted molar refractivity (Wildman–Crippen MR) is 193 cm³/mol.